The molecule has 5 heteroatoms. The molecule has 1 fully saturated rings. The lowest BCUT2D eigenvalue weighted by Gasteiger charge is -2.25. The highest BCUT2D eigenvalue weighted by Gasteiger charge is 2.14. The van der Waals surface area contributed by atoms with Gasteiger partial charge in [0.15, 0.2) is 0 Å². The molecule has 0 spiro atoms. The maximum Gasteiger partial charge on any atom is 0.238 e. The molecule has 24 heavy (non-hydrogen) atoms. The van der Waals surface area contributed by atoms with Crippen molar-refractivity contribution in [3.05, 3.63) is 48.4 Å². The molecular weight excluding hydrogens is 302 g/mol. The topological polar surface area (TPSA) is 57.5 Å². The maximum absolute atomic E-state index is 12.2. The Morgan fingerprint density at radius 2 is 1.83 bits per heavy atom. The zero-order valence-corrected chi connectivity index (χ0v) is 14.0. The summed E-state index contributed by atoms with van der Waals surface area (Å²) in [5, 5.41) is 6.13. The number of hydrogen-bond acceptors (Lipinski definition) is 4. The summed E-state index contributed by atoms with van der Waals surface area (Å²) in [5.74, 6) is 0.789. The Morgan fingerprint density at radius 3 is 2.58 bits per heavy atom. The van der Waals surface area contributed by atoms with Crippen molar-refractivity contribution in [3.8, 4) is 0 Å². The highest BCUT2D eigenvalue weighted by atomic mass is 16.3. The van der Waals surface area contributed by atoms with Crippen LogP contribution in [0.4, 0.5) is 11.4 Å². The minimum absolute atomic E-state index is 0.0381. The van der Waals surface area contributed by atoms with Crippen molar-refractivity contribution in [1.82, 2.24) is 5.32 Å². The van der Waals surface area contributed by atoms with Crippen molar-refractivity contribution in [2.75, 3.05) is 29.9 Å². The van der Waals surface area contributed by atoms with E-state index in [0.29, 0.717) is 6.54 Å². The SMILES string of the molecule is O=C(CNCc1ccco1)Nc1ccccc1N1CCCCCC1. The maximum atomic E-state index is 12.2. The van der Waals surface area contributed by atoms with Crippen LogP contribution in [-0.4, -0.2) is 25.5 Å². The number of para-hydroxylation sites is 2. The van der Waals surface area contributed by atoms with Crippen LogP contribution in [0, 0.1) is 0 Å². The van der Waals surface area contributed by atoms with Gasteiger partial charge >= 0.3 is 0 Å². The highest BCUT2D eigenvalue weighted by molar-refractivity contribution is 5.95. The molecule has 0 aliphatic carbocycles. The van der Waals surface area contributed by atoms with Crippen molar-refractivity contribution in [2.45, 2.75) is 32.2 Å². The standard InChI is InChI=1S/C19H25N3O2/c23-19(15-20-14-16-8-7-13-24-16)21-17-9-3-4-10-18(17)22-11-5-1-2-6-12-22/h3-4,7-10,13,20H,1-2,5-6,11-12,14-15H2,(H,21,23). The van der Waals surface area contributed by atoms with E-state index in [4.69, 9.17) is 4.42 Å². The van der Waals surface area contributed by atoms with Crippen LogP contribution in [0.15, 0.2) is 47.1 Å². The summed E-state index contributed by atoms with van der Waals surface area (Å²) >= 11 is 0. The first kappa shape index (κ1) is 16.6. The summed E-state index contributed by atoms with van der Waals surface area (Å²) in [6.07, 6.45) is 6.65. The van der Waals surface area contributed by atoms with Crippen LogP contribution in [0.3, 0.4) is 0 Å². The Hall–Kier alpha value is -2.27. The predicted octanol–water partition coefficient (Wildman–Crippen LogP) is 3.39. The Labute approximate surface area is 143 Å². The van der Waals surface area contributed by atoms with Crippen LogP contribution < -0.4 is 15.5 Å². The number of carbonyl (C=O) groups excluding carboxylic acids is 1. The number of carbonyl (C=O) groups is 1. The van der Waals surface area contributed by atoms with Crippen LogP contribution in [-0.2, 0) is 11.3 Å². The number of hydrogen-bond donors (Lipinski definition) is 2. The highest BCUT2D eigenvalue weighted by Crippen LogP contribution is 2.27. The van der Waals surface area contributed by atoms with Crippen LogP contribution in [0.2, 0.25) is 0 Å². The van der Waals surface area contributed by atoms with Gasteiger partial charge < -0.3 is 20.0 Å². The number of nitrogens with zero attached hydrogens (tertiary/aromatic N) is 1. The minimum Gasteiger partial charge on any atom is -0.468 e. The average Bonchev–Trinajstić information content (AvgIpc) is 2.96. The Kier molecular flexibility index (Phi) is 5.90. The Morgan fingerprint density at radius 1 is 1.04 bits per heavy atom. The van der Waals surface area contributed by atoms with Crippen LogP contribution in [0.5, 0.6) is 0 Å². The van der Waals surface area contributed by atoms with Crippen molar-refractivity contribution in [3.63, 3.8) is 0 Å². The first-order valence-corrected chi connectivity index (χ1v) is 8.70. The quantitative estimate of drug-likeness (QED) is 0.854. The van der Waals surface area contributed by atoms with E-state index in [-0.39, 0.29) is 12.5 Å². The van der Waals surface area contributed by atoms with Gasteiger partial charge in [-0.15, -0.1) is 0 Å². The minimum atomic E-state index is -0.0381. The summed E-state index contributed by atoms with van der Waals surface area (Å²) in [6, 6.07) is 11.8. The van der Waals surface area contributed by atoms with E-state index in [1.807, 2.05) is 30.3 Å². The van der Waals surface area contributed by atoms with Crippen molar-refractivity contribution in [1.29, 1.82) is 0 Å². The normalized spacial score (nSPS) is 15.1. The molecule has 0 atom stereocenters. The van der Waals surface area contributed by atoms with Crippen molar-refractivity contribution in [2.24, 2.45) is 0 Å². The van der Waals surface area contributed by atoms with E-state index in [9.17, 15) is 4.79 Å². The second-order valence-corrected chi connectivity index (χ2v) is 6.15. The number of amides is 1. The average molecular weight is 327 g/mol. The third kappa shape index (κ3) is 4.61. The van der Waals surface area contributed by atoms with Gasteiger partial charge in [0.05, 0.1) is 30.7 Å². The van der Waals surface area contributed by atoms with Crippen LogP contribution >= 0.6 is 0 Å². The molecule has 2 N–H and O–H groups in total. The molecule has 1 amide bonds. The zero-order valence-electron chi connectivity index (χ0n) is 14.0. The molecule has 128 valence electrons. The van der Waals surface area contributed by atoms with Gasteiger partial charge in [0.2, 0.25) is 5.91 Å². The molecule has 3 rings (SSSR count). The van der Waals surface area contributed by atoms with Gasteiger partial charge in [0.1, 0.15) is 5.76 Å². The van der Waals surface area contributed by atoms with Gasteiger partial charge in [0, 0.05) is 13.1 Å². The molecule has 1 aliphatic heterocycles. The molecule has 1 aromatic heterocycles. The molecule has 5 nitrogen and oxygen atoms in total. The second kappa shape index (κ2) is 8.55. The largest absolute Gasteiger partial charge is 0.468 e. The van der Waals surface area contributed by atoms with E-state index in [2.05, 4.69) is 21.6 Å². The first-order chi connectivity index (χ1) is 11.8. The molecule has 1 aliphatic rings. The summed E-state index contributed by atoms with van der Waals surface area (Å²) in [6.45, 7) is 2.93. The van der Waals surface area contributed by atoms with Gasteiger partial charge in [-0.3, -0.25) is 4.79 Å². The first-order valence-electron chi connectivity index (χ1n) is 8.70. The van der Waals surface area contributed by atoms with Gasteiger partial charge in [-0.1, -0.05) is 25.0 Å². The van der Waals surface area contributed by atoms with Crippen molar-refractivity contribution < 1.29 is 9.21 Å². The number of furan rings is 1. The Balaban J connectivity index is 1.56. The molecule has 1 aromatic carbocycles. The van der Waals surface area contributed by atoms with Crippen LogP contribution in [0.25, 0.3) is 0 Å². The number of rotatable bonds is 6. The summed E-state index contributed by atoms with van der Waals surface area (Å²) in [5.41, 5.74) is 2.02. The lowest BCUT2D eigenvalue weighted by molar-refractivity contribution is -0.115. The zero-order chi connectivity index (χ0) is 16.6. The summed E-state index contributed by atoms with van der Waals surface area (Å²) < 4.78 is 5.24. The number of benzene rings is 1. The van der Waals surface area contributed by atoms with Gasteiger partial charge in [-0.25, -0.2) is 0 Å². The molecule has 0 bridgehead atoms. The van der Waals surface area contributed by atoms with E-state index >= 15 is 0 Å². The van der Waals surface area contributed by atoms with E-state index in [0.717, 1.165) is 30.2 Å². The molecule has 0 radical (unpaired) electrons. The summed E-state index contributed by atoms with van der Waals surface area (Å²) in [4.78, 5) is 14.6. The number of anilines is 2. The fourth-order valence-corrected chi connectivity index (χ4v) is 3.07. The van der Waals surface area contributed by atoms with Gasteiger partial charge in [-0.2, -0.15) is 0 Å². The molecule has 1 saturated heterocycles. The lowest BCUT2D eigenvalue weighted by atomic mass is 10.2. The third-order valence-corrected chi connectivity index (χ3v) is 4.29. The second-order valence-electron chi connectivity index (χ2n) is 6.15. The molecule has 0 saturated carbocycles. The fourth-order valence-electron chi connectivity index (χ4n) is 3.07. The summed E-state index contributed by atoms with van der Waals surface area (Å²) in [7, 11) is 0. The molecule has 2 aromatic rings. The monoisotopic (exact) mass is 327 g/mol. The van der Waals surface area contributed by atoms with E-state index < -0.39 is 0 Å². The number of nitrogens with one attached hydrogen (secondary N) is 2. The van der Waals surface area contributed by atoms with Crippen LogP contribution in [0.1, 0.15) is 31.4 Å². The fraction of sp³-hybridized carbons (Fsp3) is 0.421. The van der Waals surface area contributed by atoms with Crippen molar-refractivity contribution >= 4 is 17.3 Å². The molecular formula is C19H25N3O2. The molecule has 2 heterocycles. The lowest BCUT2D eigenvalue weighted by Crippen LogP contribution is -2.29. The Bertz CT molecular complexity index is 632. The van der Waals surface area contributed by atoms with Gasteiger partial charge in [0.25, 0.3) is 0 Å². The molecule has 0 unspecified atom stereocenters. The smallest absolute Gasteiger partial charge is 0.238 e. The third-order valence-electron chi connectivity index (χ3n) is 4.29. The van der Waals surface area contributed by atoms with Gasteiger partial charge in [-0.05, 0) is 37.1 Å². The predicted molar refractivity (Wildman–Crippen MR) is 96.2 cm³/mol. The van der Waals surface area contributed by atoms with E-state index in [1.165, 1.54) is 25.7 Å². The van der Waals surface area contributed by atoms with E-state index in [1.54, 1.807) is 6.26 Å².